The van der Waals surface area contributed by atoms with Crippen LogP contribution in [0.3, 0.4) is 0 Å². The zero-order valence-corrected chi connectivity index (χ0v) is 15.1. The van der Waals surface area contributed by atoms with Crippen molar-refractivity contribution in [3.8, 4) is 17.6 Å². The minimum absolute atomic E-state index is 0.284. The number of aryl methyl sites for hydroxylation is 2. The van der Waals surface area contributed by atoms with Crippen LogP contribution in [0.15, 0.2) is 40.1 Å². The number of nitrogens with zero attached hydrogens (tertiary/aromatic N) is 3. The monoisotopic (exact) mass is 341 g/mol. The van der Waals surface area contributed by atoms with E-state index < -0.39 is 0 Å². The van der Waals surface area contributed by atoms with Crippen molar-refractivity contribution >= 4 is 5.69 Å². The van der Waals surface area contributed by atoms with Gasteiger partial charge in [-0.15, -0.1) is 0 Å². The van der Waals surface area contributed by atoms with Gasteiger partial charge in [-0.25, -0.2) is 4.79 Å². The lowest BCUT2D eigenvalue weighted by Crippen LogP contribution is -2.41. The van der Waals surface area contributed by atoms with Crippen LogP contribution in [0.25, 0.3) is 0 Å². The van der Waals surface area contributed by atoms with E-state index in [9.17, 15) is 9.59 Å². The highest BCUT2D eigenvalue weighted by molar-refractivity contribution is 5.43. The molecule has 0 radical (unpaired) electrons. The van der Waals surface area contributed by atoms with E-state index in [0.29, 0.717) is 18.8 Å². The van der Waals surface area contributed by atoms with Gasteiger partial charge in [0.2, 0.25) is 0 Å². The van der Waals surface area contributed by atoms with Crippen molar-refractivity contribution in [2.75, 3.05) is 24.6 Å². The Labute approximate surface area is 147 Å². The van der Waals surface area contributed by atoms with Crippen LogP contribution in [-0.4, -0.2) is 28.8 Å². The first-order valence-corrected chi connectivity index (χ1v) is 8.10. The predicted octanol–water partition coefficient (Wildman–Crippen LogP) is 1.30. The molecule has 132 valence electrons. The van der Waals surface area contributed by atoms with Crippen molar-refractivity contribution < 1.29 is 4.74 Å². The summed E-state index contributed by atoms with van der Waals surface area (Å²) < 4.78 is 8.06. The molecule has 25 heavy (non-hydrogen) atoms. The molecule has 6 heteroatoms. The van der Waals surface area contributed by atoms with Gasteiger partial charge in [-0.3, -0.25) is 9.36 Å². The second kappa shape index (κ2) is 8.25. The molecular formula is C19H23N3O3. The standard InChI is InChI=1S/C19H23N3O3/c1-5-22(17-14-20(3)19(24)21(4)18(17)23)12-6-7-13-25-16-10-8-15(2)9-11-16/h8-11,14H,5,12-13H2,1-4H3. The number of anilines is 1. The smallest absolute Gasteiger partial charge is 0.330 e. The fraction of sp³-hybridized carbons (Fsp3) is 0.368. The maximum atomic E-state index is 12.3. The molecule has 0 amide bonds. The third-order valence-corrected chi connectivity index (χ3v) is 3.88. The molecule has 0 bridgehead atoms. The Bertz CT molecular complexity index is 899. The van der Waals surface area contributed by atoms with E-state index in [0.717, 1.165) is 10.3 Å². The lowest BCUT2D eigenvalue weighted by Gasteiger charge is -2.20. The van der Waals surface area contributed by atoms with Crippen LogP contribution in [0.5, 0.6) is 5.75 Å². The summed E-state index contributed by atoms with van der Waals surface area (Å²) in [5, 5.41) is 0. The van der Waals surface area contributed by atoms with E-state index in [4.69, 9.17) is 4.74 Å². The van der Waals surface area contributed by atoms with Gasteiger partial charge < -0.3 is 14.2 Å². The first-order valence-electron chi connectivity index (χ1n) is 8.10. The van der Waals surface area contributed by atoms with Gasteiger partial charge in [0, 0.05) is 26.8 Å². The molecule has 6 nitrogen and oxygen atoms in total. The van der Waals surface area contributed by atoms with Gasteiger partial charge in [0.25, 0.3) is 5.56 Å². The number of benzene rings is 1. The normalized spacial score (nSPS) is 10.1. The highest BCUT2D eigenvalue weighted by Crippen LogP contribution is 2.10. The summed E-state index contributed by atoms with van der Waals surface area (Å²) in [5.74, 6) is 6.74. The van der Waals surface area contributed by atoms with Gasteiger partial charge in [-0.1, -0.05) is 29.5 Å². The van der Waals surface area contributed by atoms with Crippen LogP contribution in [0.1, 0.15) is 12.5 Å². The number of ether oxygens (including phenoxy) is 1. The Kier molecular flexibility index (Phi) is 6.07. The Hall–Kier alpha value is -2.94. The fourth-order valence-electron chi connectivity index (χ4n) is 2.33. The maximum Gasteiger partial charge on any atom is 0.330 e. The Morgan fingerprint density at radius 1 is 1.12 bits per heavy atom. The Morgan fingerprint density at radius 3 is 2.44 bits per heavy atom. The summed E-state index contributed by atoms with van der Waals surface area (Å²) in [6, 6.07) is 7.78. The number of hydrogen-bond donors (Lipinski definition) is 0. The summed E-state index contributed by atoms with van der Waals surface area (Å²) in [7, 11) is 3.10. The molecule has 0 saturated carbocycles. The van der Waals surface area contributed by atoms with Crippen molar-refractivity contribution in [3.05, 3.63) is 56.9 Å². The Balaban J connectivity index is 2.03. The molecular weight excluding hydrogens is 318 g/mol. The molecule has 0 spiro atoms. The first-order chi connectivity index (χ1) is 11.9. The second-order valence-corrected chi connectivity index (χ2v) is 5.74. The molecule has 0 unspecified atom stereocenters. The van der Waals surface area contributed by atoms with Crippen molar-refractivity contribution in [2.24, 2.45) is 14.1 Å². The van der Waals surface area contributed by atoms with E-state index in [1.807, 2.05) is 43.0 Å². The van der Waals surface area contributed by atoms with Gasteiger partial charge in [0.15, 0.2) is 0 Å². The van der Waals surface area contributed by atoms with Crippen LogP contribution in [0, 0.1) is 18.8 Å². The van der Waals surface area contributed by atoms with Crippen LogP contribution in [-0.2, 0) is 14.1 Å². The third-order valence-electron chi connectivity index (χ3n) is 3.88. The minimum Gasteiger partial charge on any atom is -0.481 e. The average molecular weight is 341 g/mol. The Morgan fingerprint density at radius 2 is 1.80 bits per heavy atom. The summed E-state index contributed by atoms with van der Waals surface area (Å²) in [5.41, 5.74) is 0.974. The summed E-state index contributed by atoms with van der Waals surface area (Å²) in [6.45, 7) is 5.25. The molecule has 0 saturated heterocycles. The molecule has 0 atom stereocenters. The van der Waals surface area contributed by atoms with E-state index in [1.165, 1.54) is 17.2 Å². The largest absolute Gasteiger partial charge is 0.481 e. The number of rotatable bonds is 5. The van der Waals surface area contributed by atoms with Crippen molar-refractivity contribution in [2.45, 2.75) is 13.8 Å². The molecule has 0 fully saturated rings. The van der Waals surface area contributed by atoms with Crippen LogP contribution in [0.4, 0.5) is 5.69 Å². The quantitative estimate of drug-likeness (QED) is 0.770. The predicted molar refractivity (Wildman–Crippen MR) is 99.3 cm³/mol. The number of hydrogen-bond acceptors (Lipinski definition) is 4. The van der Waals surface area contributed by atoms with Gasteiger partial charge in [0.1, 0.15) is 18.0 Å². The first kappa shape index (κ1) is 18.4. The molecule has 2 aromatic rings. The zero-order chi connectivity index (χ0) is 18.4. The van der Waals surface area contributed by atoms with E-state index >= 15 is 0 Å². The molecule has 1 aromatic carbocycles. The van der Waals surface area contributed by atoms with E-state index in [1.54, 1.807) is 13.2 Å². The average Bonchev–Trinajstić information content (AvgIpc) is 2.61. The van der Waals surface area contributed by atoms with E-state index in [-0.39, 0.29) is 17.9 Å². The number of aromatic nitrogens is 2. The van der Waals surface area contributed by atoms with Gasteiger partial charge in [-0.2, -0.15) is 0 Å². The summed E-state index contributed by atoms with van der Waals surface area (Å²) >= 11 is 0. The van der Waals surface area contributed by atoms with Crippen LogP contribution < -0.4 is 20.9 Å². The summed E-state index contributed by atoms with van der Waals surface area (Å²) in [4.78, 5) is 25.9. The van der Waals surface area contributed by atoms with Crippen LogP contribution >= 0.6 is 0 Å². The SMILES string of the molecule is CCN(CC#CCOc1ccc(C)cc1)c1cn(C)c(=O)n(C)c1=O. The van der Waals surface area contributed by atoms with Crippen LogP contribution in [0.2, 0.25) is 0 Å². The fourth-order valence-corrected chi connectivity index (χ4v) is 2.33. The molecule has 0 aliphatic rings. The van der Waals surface area contributed by atoms with E-state index in [2.05, 4.69) is 11.8 Å². The highest BCUT2D eigenvalue weighted by atomic mass is 16.5. The minimum atomic E-state index is -0.345. The van der Waals surface area contributed by atoms with Gasteiger partial charge >= 0.3 is 5.69 Å². The lowest BCUT2D eigenvalue weighted by molar-refractivity contribution is 0.370. The third kappa shape index (κ3) is 4.54. The van der Waals surface area contributed by atoms with Crippen molar-refractivity contribution in [1.82, 2.24) is 9.13 Å². The van der Waals surface area contributed by atoms with Crippen molar-refractivity contribution in [3.63, 3.8) is 0 Å². The molecule has 1 aromatic heterocycles. The highest BCUT2D eigenvalue weighted by Gasteiger charge is 2.11. The topological polar surface area (TPSA) is 56.5 Å². The second-order valence-electron chi connectivity index (χ2n) is 5.74. The molecule has 1 heterocycles. The lowest BCUT2D eigenvalue weighted by atomic mass is 10.2. The van der Waals surface area contributed by atoms with Crippen molar-refractivity contribution in [1.29, 1.82) is 0 Å². The maximum absolute atomic E-state index is 12.3. The molecule has 0 N–H and O–H groups in total. The summed E-state index contributed by atoms with van der Waals surface area (Å²) in [6.07, 6.45) is 1.55. The molecule has 0 aliphatic carbocycles. The zero-order valence-electron chi connectivity index (χ0n) is 15.1. The molecule has 0 aliphatic heterocycles. The van der Waals surface area contributed by atoms with Gasteiger partial charge in [0.05, 0.1) is 6.54 Å². The molecule has 2 rings (SSSR count). The van der Waals surface area contributed by atoms with Gasteiger partial charge in [-0.05, 0) is 26.0 Å².